The summed E-state index contributed by atoms with van der Waals surface area (Å²) in [4.78, 5) is 39.2. The summed E-state index contributed by atoms with van der Waals surface area (Å²) < 4.78 is 11.7. The molecule has 6 aliphatic rings. The lowest BCUT2D eigenvalue weighted by Crippen LogP contribution is -2.73. The van der Waals surface area contributed by atoms with Crippen LogP contribution in [0.3, 0.4) is 0 Å². The molecule has 5 aliphatic carbocycles. The standard InChI is InChI=1S/C22H27BrO5/c1-12-13-4-7-22(18(12)25)15(8-13)21-6-3-5-20(2,11-27-19(21)26)14(21)9-16(22)28-17(24)10-23/h13-16H,1,3-11H2,2H3/t13-,14?,15?,16+,20-,21?,22?/m0/s1. The number of allylic oxidation sites excluding steroid dienone is 1. The lowest BCUT2D eigenvalue weighted by Gasteiger charge is -2.69. The van der Waals surface area contributed by atoms with Crippen molar-refractivity contribution in [3.05, 3.63) is 12.2 Å². The Balaban J connectivity index is 1.69. The molecule has 5 nitrogen and oxygen atoms in total. The summed E-state index contributed by atoms with van der Waals surface area (Å²) in [6.07, 6.45) is 5.23. The molecule has 0 radical (unpaired) electrons. The molecule has 0 aromatic heterocycles. The van der Waals surface area contributed by atoms with E-state index in [0.717, 1.165) is 32.1 Å². The predicted molar refractivity (Wildman–Crippen MR) is 105 cm³/mol. The fourth-order valence-corrected chi connectivity index (χ4v) is 7.97. The first-order chi connectivity index (χ1) is 13.3. The van der Waals surface area contributed by atoms with Gasteiger partial charge in [-0.25, -0.2) is 0 Å². The van der Waals surface area contributed by atoms with Gasteiger partial charge in [-0.1, -0.05) is 35.9 Å². The Hall–Kier alpha value is -1.17. The molecule has 1 aliphatic heterocycles. The van der Waals surface area contributed by atoms with Gasteiger partial charge in [0.15, 0.2) is 5.78 Å². The Morgan fingerprint density at radius 3 is 2.75 bits per heavy atom. The van der Waals surface area contributed by atoms with Gasteiger partial charge in [0, 0.05) is 5.41 Å². The number of hydrogen-bond acceptors (Lipinski definition) is 5. The number of alkyl halides is 1. The maximum atomic E-state index is 13.6. The van der Waals surface area contributed by atoms with Gasteiger partial charge in [0.2, 0.25) is 0 Å². The smallest absolute Gasteiger partial charge is 0.316 e. The topological polar surface area (TPSA) is 69.7 Å². The molecule has 6 heteroatoms. The molecule has 152 valence electrons. The van der Waals surface area contributed by atoms with Crippen molar-refractivity contribution >= 4 is 33.7 Å². The zero-order valence-corrected chi connectivity index (χ0v) is 17.9. The van der Waals surface area contributed by atoms with E-state index in [4.69, 9.17) is 9.47 Å². The van der Waals surface area contributed by atoms with Crippen molar-refractivity contribution in [1.82, 2.24) is 0 Å². The van der Waals surface area contributed by atoms with E-state index in [1.807, 2.05) is 0 Å². The van der Waals surface area contributed by atoms with E-state index in [9.17, 15) is 14.4 Å². The number of rotatable bonds is 2. The summed E-state index contributed by atoms with van der Waals surface area (Å²) in [7, 11) is 0. The zero-order chi connectivity index (χ0) is 19.9. The van der Waals surface area contributed by atoms with Gasteiger partial charge in [0.25, 0.3) is 0 Å². The Morgan fingerprint density at radius 2 is 2.00 bits per heavy atom. The van der Waals surface area contributed by atoms with Crippen LogP contribution in [0, 0.1) is 34.0 Å². The number of esters is 2. The summed E-state index contributed by atoms with van der Waals surface area (Å²) >= 11 is 3.19. The number of Topliss-reactive ketones (excluding diaryl/α,β-unsaturated/α-hetero) is 1. The van der Waals surface area contributed by atoms with Gasteiger partial charge >= 0.3 is 11.9 Å². The molecular formula is C22H27BrO5. The van der Waals surface area contributed by atoms with E-state index in [-0.39, 0.29) is 46.2 Å². The molecular weight excluding hydrogens is 424 g/mol. The minimum atomic E-state index is -0.811. The number of ketones is 1. The summed E-state index contributed by atoms with van der Waals surface area (Å²) in [6.45, 7) is 6.74. The average molecular weight is 451 g/mol. The van der Waals surface area contributed by atoms with Gasteiger partial charge in [0.05, 0.1) is 17.4 Å². The molecule has 0 N–H and O–H groups in total. The van der Waals surface area contributed by atoms with Crippen LogP contribution < -0.4 is 0 Å². The third-order valence-electron chi connectivity index (χ3n) is 9.00. The number of halogens is 1. The van der Waals surface area contributed by atoms with Gasteiger partial charge in [-0.15, -0.1) is 0 Å². The largest absolute Gasteiger partial charge is 0.465 e. The van der Waals surface area contributed by atoms with Crippen molar-refractivity contribution in [3.8, 4) is 0 Å². The molecule has 0 aromatic carbocycles. The highest BCUT2D eigenvalue weighted by molar-refractivity contribution is 9.09. The number of carbonyl (C=O) groups excluding carboxylic acids is 3. The van der Waals surface area contributed by atoms with Crippen molar-refractivity contribution in [1.29, 1.82) is 0 Å². The average Bonchev–Trinajstić information content (AvgIpc) is 2.69. The molecule has 4 bridgehead atoms. The van der Waals surface area contributed by atoms with Crippen molar-refractivity contribution < 1.29 is 23.9 Å². The number of ether oxygens (including phenoxy) is 2. The van der Waals surface area contributed by atoms with Crippen LogP contribution in [0.15, 0.2) is 12.2 Å². The van der Waals surface area contributed by atoms with Gasteiger partial charge in [0.1, 0.15) is 11.4 Å². The maximum Gasteiger partial charge on any atom is 0.316 e. The van der Waals surface area contributed by atoms with Crippen LogP contribution >= 0.6 is 15.9 Å². The SMILES string of the molecule is C=C1C(=O)C23CC[C@H]1CC2C12CCC[C@@](C)(COC1=O)C2C[C@H]3OC(=O)CBr. The van der Waals surface area contributed by atoms with E-state index >= 15 is 0 Å². The number of cyclic esters (lactones) is 1. The van der Waals surface area contributed by atoms with Crippen LogP contribution in [-0.2, 0) is 23.9 Å². The number of carbonyl (C=O) groups is 3. The van der Waals surface area contributed by atoms with E-state index in [1.165, 1.54) is 0 Å². The highest BCUT2D eigenvalue weighted by atomic mass is 79.9. The van der Waals surface area contributed by atoms with Crippen LogP contribution in [0.4, 0.5) is 0 Å². The zero-order valence-electron chi connectivity index (χ0n) is 16.3. The summed E-state index contributed by atoms with van der Waals surface area (Å²) in [5, 5.41) is 0.108. The van der Waals surface area contributed by atoms with Gasteiger partial charge < -0.3 is 9.47 Å². The minimum Gasteiger partial charge on any atom is -0.465 e. The molecule has 7 atom stereocenters. The Bertz CT molecular complexity index is 792. The van der Waals surface area contributed by atoms with Crippen molar-refractivity contribution in [3.63, 3.8) is 0 Å². The van der Waals surface area contributed by atoms with E-state index in [0.29, 0.717) is 25.0 Å². The second kappa shape index (κ2) is 5.93. The lowest BCUT2D eigenvalue weighted by molar-refractivity contribution is -0.257. The Labute approximate surface area is 173 Å². The highest BCUT2D eigenvalue weighted by Crippen LogP contribution is 2.73. The highest BCUT2D eigenvalue weighted by Gasteiger charge is 2.76. The fraction of sp³-hybridized carbons (Fsp3) is 0.773. The van der Waals surface area contributed by atoms with Crippen molar-refractivity contribution in [2.24, 2.45) is 34.0 Å². The van der Waals surface area contributed by atoms with Gasteiger partial charge in [-0.05, 0) is 61.9 Å². The number of fused-ring (bicyclic) bond motifs is 2. The first kappa shape index (κ1) is 18.8. The molecule has 1 spiro atoms. The molecule has 6 rings (SSSR count). The third-order valence-corrected chi connectivity index (χ3v) is 9.46. The summed E-state index contributed by atoms with van der Waals surface area (Å²) in [5.41, 5.74) is -0.865. The maximum absolute atomic E-state index is 13.6. The molecule has 1 heterocycles. The van der Waals surface area contributed by atoms with Crippen molar-refractivity contribution in [2.75, 3.05) is 11.9 Å². The first-order valence-electron chi connectivity index (χ1n) is 10.5. The van der Waals surface area contributed by atoms with E-state index in [2.05, 4.69) is 29.4 Å². The van der Waals surface area contributed by atoms with Crippen LogP contribution in [-0.4, -0.2) is 35.8 Å². The van der Waals surface area contributed by atoms with Crippen LogP contribution in [0.2, 0.25) is 0 Å². The number of hydrogen-bond donors (Lipinski definition) is 0. The van der Waals surface area contributed by atoms with E-state index in [1.54, 1.807) is 0 Å². The Morgan fingerprint density at radius 1 is 1.21 bits per heavy atom. The molecule has 0 aromatic rings. The van der Waals surface area contributed by atoms with Gasteiger partial charge in [-0.2, -0.15) is 0 Å². The lowest BCUT2D eigenvalue weighted by atomic mass is 9.35. The molecule has 6 fully saturated rings. The quantitative estimate of drug-likeness (QED) is 0.365. The Kier molecular flexibility index (Phi) is 3.99. The first-order valence-corrected chi connectivity index (χ1v) is 11.6. The summed E-state index contributed by atoms with van der Waals surface area (Å²) in [5.74, 6) is -0.298. The second-order valence-electron chi connectivity index (χ2n) is 9.94. The van der Waals surface area contributed by atoms with Gasteiger partial charge in [-0.3, -0.25) is 14.4 Å². The van der Waals surface area contributed by atoms with E-state index < -0.39 is 16.9 Å². The monoisotopic (exact) mass is 450 g/mol. The second-order valence-corrected chi connectivity index (χ2v) is 10.5. The predicted octanol–water partition coefficient (Wildman–Crippen LogP) is 3.59. The van der Waals surface area contributed by atoms with Crippen molar-refractivity contribution in [2.45, 2.75) is 58.0 Å². The molecule has 5 saturated carbocycles. The normalized spacial score (nSPS) is 49.1. The third kappa shape index (κ3) is 2.06. The van der Waals surface area contributed by atoms with Crippen LogP contribution in [0.25, 0.3) is 0 Å². The summed E-state index contributed by atoms with van der Waals surface area (Å²) in [6, 6.07) is 0. The van der Waals surface area contributed by atoms with Crippen LogP contribution in [0.5, 0.6) is 0 Å². The molecule has 0 amide bonds. The fourth-order valence-electron chi connectivity index (χ4n) is 7.83. The molecule has 28 heavy (non-hydrogen) atoms. The molecule has 4 unspecified atom stereocenters. The molecule has 1 saturated heterocycles. The van der Waals surface area contributed by atoms with Crippen LogP contribution in [0.1, 0.15) is 51.9 Å². The minimum absolute atomic E-state index is 0.0332.